The summed E-state index contributed by atoms with van der Waals surface area (Å²) in [5.74, 6) is -1.87. The topological polar surface area (TPSA) is 81.2 Å². The van der Waals surface area contributed by atoms with E-state index in [4.69, 9.17) is 0 Å². The minimum Gasteiger partial charge on any atom is -0.394 e. The molecule has 1 spiro atoms. The summed E-state index contributed by atoms with van der Waals surface area (Å²) in [6, 6.07) is 17.6. The van der Waals surface area contributed by atoms with Crippen molar-refractivity contribution >= 4 is 51.1 Å². The van der Waals surface area contributed by atoms with Gasteiger partial charge in [0.15, 0.2) is 0 Å². The van der Waals surface area contributed by atoms with Crippen LogP contribution in [0.15, 0.2) is 86.0 Å². The predicted octanol–water partition coefficient (Wildman–Crippen LogP) is 4.70. The second kappa shape index (κ2) is 13.0. The van der Waals surface area contributed by atoms with Gasteiger partial charge in [0.05, 0.1) is 29.2 Å². The van der Waals surface area contributed by atoms with Gasteiger partial charge in [-0.2, -0.15) is 0 Å². The summed E-state index contributed by atoms with van der Waals surface area (Å²) in [5, 5.41) is 10.6. The third-order valence-electron chi connectivity index (χ3n) is 9.04. The lowest BCUT2D eigenvalue weighted by Crippen LogP contribution is -2.59. The van der Waals surface area contributed by atoms with Crippen molar-refractivity contribution in [3.8, 4) is 0 Å². The van der Waals surface area contributed by atoms with Gasteiger partial charge in [0.25, 0.3) is 0 Å². The Bertz CT molecular complexity index is 1360. The lowest BCUT2D eigenvalue weighted by atomic mass is 9.70. The summed E-state index contributed by atoms with van der Waals surface area (Å²) >= 11 is 5.48. The SMILES string of the molecule is C=CCN(C(=O)[C@H]1[C@@H]2SC3(CC2Br)C(C(=O)N(CC=C)C(C)C)N([C@@H](CO)Cc2ccccc2)C(=O)[C@H]13)c1ccccc1. The van der Waals surface area contributed by atoms with Crippen LogP contribution in [0.5, 0.6) is 0 Å². The summed E-state index contributed by atoms with van der Waals surface area (Å²) in [6.07, 6.45) is 4.37. The fourth-order valence-electron chi connectivity index (χ4n) is 7.25. The minimum absolute atomic E-state index is 0.0549. The molecule has 228 valence electrons. The van der Waals surface area contributed by atoms with E-state index in [1.54, 1.807) is 38.6 Å². The highest BCUT2D eigenvalue weighted by atomic mass is 79.9. The van der Waals surface area contributed by atoms with Gasteiger partial charge < -0.3 is 19.8 Å². The number of likely N-dealkylation sites (tertiary alicyclic amines) is 1. The van der Waals surface area contributed by atoms with E-state index >= 15 is 0 Å². The number of hydrogen-bond donors (Lipinski definition) is 1. The number of carbonyl (C=O) groups is 3. The molecule has 2 aromatic rings. The molecule has 0 radical (unpaired) electrons. The normalized spacial score (nSPS) is 28.1. The van der Waals surface area contributed by atoms with Crippen molar-refractivity contribution in [1.82, 2.24) is 9.80 Å². The van der Waals surface area contributed by atoms with Crippen molar-refractivity contribution in [2.45, 2.75) is 59.6 Å². The molecule has 0 saturated carbocycles. The molecule has 1 N–H and O–H groups in total. The molecule has 9 heteroatoms. The van der Waals surface area contributed by atoms with Crippen LogP contribution in [0.25, 0.3) is 0 Å². The molecule has 0 aromatic heterocycles. The van der Waals surface area contributed by atoms with Crippen molar-refractivity contribution in [1.29, 1.82) is 0 Å². The Kier molecular flexibility index (Phi) is 9.54. The Morgan fingerprint density at radius 2 is 1.70 bits per heavy atom. The number of amides is 3. The van der Waals surface area contributed by atoms with Gasteiger partial charge in [0.2, 0.25) is 17.7 Å². The monoisotopic (exact) mass is 665 g/mol. The molecule has 7 atom stereocenters. The van der Waals surface area contributed by atoms with E-state index < -0.39 is 28.7 Å². The predicted molar refractivity (Wildman–Crippen MR) is 176 cm³/mol. The number of para-hydroxylation sites is 1. The van der Waals surface area contributed by atoms with Crippen LogP contribution >= 0.6 is 27.7 Å². The van der Waals surface area contributed by atoms with Crippen LogP contribution < -0.4 is 4.90 Å². The number of benzene rings is 2. The summed E-state index contributed by atoms with van der Waals surface area (Å²) in [7, 11) is 0. The highest BCUT2D eigenvalue weighted by Gasteiger charge is 2.76. The number of aliphatic hydroxyl groups excluding tert-OH is 1. The number of nitrogens with zero attached hydrogens (tertiary/aromatic N) is 3. The van der Waals surface area contributed by atoms with Gasteiger partial charge in [-0.25, -0.2) is 0 Å². The van der Waals surface area contributed by atoms with Gasteiger partial charge >= 0.3 is 0 Å². The molecule has 2 bridgehead atoms. The van der Waals surface area contributed by atoms with Gasteiger partial charge in [-0.05, 0) is 44.4 Å². The van der Waals surface area contributed by atoms with Crippen LogP contribution in [0.2, 0.25) is 0 Å². The largest absolute Gasteiger partial charge is 0.394 e. The lowest BCUT2D eigenvalue weighted by molar-refractivity contribution is -0.146. The first-order chi connectivity index (χ1) is 20.7. The van der Waals surface area contributed by atoms with E-state index in [9.17, 15) is 19.5 Å². The first-order valence-corrected chi connectivity index (χ1v) is 16.7. The maximum atomic E-state index is 14.8. The maximum absolute atomic E-state index is 14.8. The van der Waals surface area contributed by atoms with Gasteiger partial charge in [-0.15, -0.1) is 24.9 Å². The van der Waals surface area contributed by atoms with Gasteiger partial charge in [0, 0.05) is 34.9 Å². The zero-order chi connectivity index (χ0) is 30.9. The summed E-state index contributed by atoms with van der Waals surface area (Å²) < 4.78 is -0.817. The van der Waals surface area contributed by atoms with Crippen molar-refractivity contribution in [3.05, 3.63) is 91.5 Å². The Morgan fingerprint density at radius 1 is 1.07 bits per heavy atom. The lowest BCUT2D eigenvalue weighted by Gasteiger charge is -2.41. The van der Waals surface area contributed by atoms with E-state index in [1.165, 1.54) is 0 Å². The van der Waals surface area contributed by atoms with Gasteiger partial charge in [0.1, 0.15) is 6.04 Å². The summed E-state index contributed by atoms with van der Waals surface area (Å²) in [5.41, 5.74) is 1.70. The second-order valence-corrected chi connectivity index (χ2v) is 14.6. The molecule has 3 unspecified atom stereocenters. The van der Waals surface area contributed by atoms with Gasteiger partial charge in [-0.1, -0.05) is 76.6 Å². The number of alkyl halides is 1. The molecule has 3 saturated heterocycles. The van der Waals surface area contributed by atoms with Crippen LogP contribution in [-0.4, -0.2) is 85.3 Å². The highest BCUT2D eigenvalue weighted by molar-refractivity contribution is 9.09. The van der Waals surface area contributed by atoms with Crippen LogP contribution in [0.4, 0.5) is 5.69 Å². The smallest absolute Gasteiger partial charge is 0.247 e. The molecule has 7 nitrogen and oxygen atoms in total. The average Bonchev–Trinajstić information content (AvgIpc) is 3.60. The van der Waals surface area contributed by atoms with Crippen LogP contribution in [0, 0.1) is 11.8 Å². The first kappa shape index (κ1) is 31.5. The third-order valence-corrected chi connectivity index (χ3v) is 12.3. The molecule has 0 aliphatic carbocycles. The van der Waals surface area contributed by atoms with Crippen molar-refractivity contribution in [2.75, 3.05) is 24.6 Å². The molecule has 3 aliphatic rings. The summed E-state index contributed by atoms with van der Waals surface area (Å²) in [4.78, 5) is 49.0. The molecular weight excluding hydrogens is 626 g/mol. The Labute approximate surface area is 267 Å². The molecule has 3 heterocycles. The van der Waals surface area contributed by atoms with E-state index in [1.807, 2.05) is 74.5 Å². The third kappa shape index (κ3) is 5.49. The van der Waals surface area contributed by atoms with Crippen LogP contribution in [0.3, 0.4) is 0 Å². The van der Waals surface area contributed by atoms with Crippen LogP contribution in [0.1, 0.15) is 25.8 Å². The number of fused-ring (bicyclic) bond motifs is 1. The van der Waals surface area contributed by atoms with E-state index in [0.29, 0.717) is 25.9 Å². The van der Waals surface area contributed by atoms with Crippen molar-refractivity contribution < 1.29 is 19.5 Å². The quantitative estimate of drug-likeness (QED) is 0.263. The summed E-state index contributed by atoms with van der Waals surface area (Å²) in [6.45, 7) is 12.0. The zero-order valence-corrected chi connectivity index (χ0v) is 27.1. The Morgan fingerprint density at radius 3 is 2.28 bits per heavy atom. The second-order valence-electron chi connectivity index (χ2n) is 11.9. The highest BCUT2D eigenvalue weighted by Crippen LogP contribution is 2.68. The Balaban J connectivity index is 1.62. The molecule has 43 heavy (non-hydrogen) atoms. The first-order valence-electron chi connectivity index (χ1n) is 14.9. The number of thioether (sulfide) groups is 1. The van der Waals surface area contributed by atoms with Crippen molar-refractivity contribution in [3.63, 3.8) is 0 Å². The maximum Gasteiger partial charge on any atom is 0.247 e. The van der Waals surface area contributed by atoms with E-state index in [2.05, 4.69) is 29.1 Å². The number of halogens is 1. The number of aliphatic hydroxyl groups is 1. The molecule has 3 aliphatic heterocycles. The van der Waals surface area contributed by atoms with Crippen molar-refractivity contribution in [2.24, 2.45) is 11.8 Å². The van der Waals surface area contributed by atoms with E-state index in [0.717, 1.165) is 11.3 Å². The molecular formula is C34H40BrN3O4S. The standard InChI is InChI=1S/C34H40BrN3O4S/c1-5-17-36(22(3)4)33(42)30-34-20-26(35)29(43-34)27(31(40)37(18-6-2)24-15-11-8-12-16-24)28(34)32(41)38(30)25(21-39)19-23-13-9-7-10-14-23/h5-16,22,25-30,39H,1-2,17-21H2,3-4H3/t25-,26?,27-,28+,29-,30?,34?/m1/s1. The fourth-order valence-corrected chi connectivity index (χ4v) is 10.8. The molecule has 3 fully saturated rings. The number of carbonyl (C=O) groups excluding carboxylic acids is 3. The minimum atomic E-state index is -0.828. The number of hydrogen-bond acceptors (Lipinski definition) is 5. The Hall–Kier alpha value is -2.88. The fraction of sp³-hybridized carbons (Fsp3) is 0.441. The average molecular weight is 667 g/mol. The molecule has 3 amide bonds. The number of rotatable bonds is 12. The van der Waals surface area contributed by atoms with Gasteiger partial charge in [-0.3, -0.25) is 14.4 Å². The van der Waals surface area contributed by atoms with E-state index in [-0.39, 0.29) is 40.4 Å². The zero-order valence-electron chi connectivity index (χ0n) is 24.7. The molecule has 5 rings (SSSR count). The van der Waals surface area contributed by atoms with Crippen LogP contribution in [-0.2, 0) is 20.8 Å². The molecule has 2 aromatic carbocycles. The number of anilines is 1.